The van der Waals surface area contributed by atoms with Gasteiger partial charge in [-0.15, -0.1) is 6.58 Å². The summed E-state index contributed by atoms with van der Waals surface area (Å²) < 4.78 is 5.84. The van der Waals surface area contributed by atoms with Crippen molar-refractivity contribution in [3.8, 4) is 5.75 Å². The van der Waals surface area contributed by atoms with Crippen LogP contribution < -0.4 is 10.1 Å². The highest BCUT2D eigenvalue weighted by Crippen LogP contribution is 2.35. The van der Waals surface area contributed by atoms with Crippen molar-refractivity contribution in [2.75, 3.05) is 6.54 Å². The lowest BCUT2D eigenvalue weighted by Gasteiger charge is -2.16. The number of nitrogens with one attached hydrogen (secondary N) is 1. The third-order valence-corrected chi connectivity index (χ3v) is 2.75. The highest BCUT2D eigenvalue weighted by molar-refractivity contribution is 5.41. The Kier molecular flexibility index (Phi) is 3.01. The first-order valence-corrected chi connectivity index (χ1v) is 5.73. The maximum absolute atomic E-state index is 5.84. The number of rotatable bonds is 4. The third-order valence-electron chi connectivity index (χ3n) is 2.75. The van der Waals surface area contributed by atoms with Gasteiger partial charge in [-0.05, 0) is 31.0 Å². The van der Waals surface area contributed by atoms with E-state index in [4.69, 9.17) is 4.74 Å². The predicted octanol–water partition coefficient (Wildman–Crippen LogP) is 2.68. The van der Waals surface area contributed by atoms with Crippen molar-refractivity contribution in [1.29, 1.82) is 0 Å². The summed E-state index contributed by atoms with van der Waals surface area (Å²) >= 11 is 0. The standard InChI is InChI=1S/C14H19NO/c1-4-7-15-10-11-5-6-13-12(8-11)9-14(2,3)16-13/h4-6,8,15H,1,7,9-10H2,2-3H3. The molecule has 0 bridgehead atoms. The Labute approximate surface area is 97.3 Å². The first-order chi connectivity index (χ1) is 7.61. The normalized spacial score (nSPS) is 16.6. The zero-order valence-corrected chi connectivity index (χ0v) is 10.0. The van der Waals surface area contributed by atoms with Gasteiger partial charge in [0.05, 0.1) is 0 Å². The van der Waals surface area contributed by atoms with E-state index in [0.717, 1.165) is 25.3 Å². The molecule has 0 amide bonds. The highest BCUT2D eigenvalue weighted by atomic mass is 16.5. The van der Waals surface area contributed by atoms with E-state index in [2.05, 4.69) is 43.9 Å². The second kappa shape index (κ2) is 4.30. The molecule has 1 heterocycles. The van der Waals surface area contributed by atoms with E-state index in [1.165, 1.54) is 11.1 Å². The Bertz CT molecular complexity index is 396. The van der Waals surface area contributed by atoms with Crippen LogP contribution in [0.4, 0.5) is 0 Å². The summed E-state index contributed by atoms with van der Waals surface area (Å²) in [7, 11) is 0. The van der Waals surface area contributed by atoms with E-state index in [1.54, 1.807) is 0 Å². The Morgan fingerprint density at radius 2 is 2.31 bits per heavy atom. The summed E-state index contributed by atoms with van der Waals surface area (Å²) in [5.74, 6) is 1.04. The fourth-order valence-corrected chi connectivity index (χ4v) is 2.09. The first-order valence-electron chi connectivity index (χ1n) is 5.73. The van der Waals surface area contributed by atoms with Crippen LogP contribution in [0, 0.1) is 0 Å². The molecular formula is C14H19NO. The molecule has 86 valence electrons. The molecule has 1 N–H and O–H groups in total. The molecule has 0 radical (unpaired) electrons. The average molecular weight is 217 g/mol. The Morgan fingerprint density at radius 1 is 1.50 bits per heavy atom. The van der Waals surface area contributed by atoms with Crippen molar-refractivity contribution in [1.82, 2.24) is 5.32 Å². The molecule has 0 saturated heterocycles. The minimum absolute atomic E-state index is 0.0461. The van der Waals surface area contributed by atoms with Crippen molar-refractivity contribution in [3.63, 3.8) is 0 Å². The van der Waals surface area contributed by atoms with Crippen molar-refractivity contribution < 1.29 is 4.74 Å². The van der Waals surface area contributed by atoms with E-state index in [9.17, 15) is 0 Å². The van der Waals surface area contributed by atoms with Crippen LogP contribution in [0.3, 0.4) is 0 Å². The summed E-state index contributed by atoms with van der Waals surface area (Å²) in [5.41, 5.74) is 2.58. The van der Waals surface area contributed by atoms with Crippen LogP contribution in [0.2, 0.25) is 0 Å². The minimum Gasteiger partial charge on any atom is -0.487 e. The molecule has 1 aromatic carbocycles. The van der Waals surface area contributed by atoms with Crippen molar-refractivity contribution >= 4 is 0 Å². The Balaban J connectivity index is 2.07. The largest absolute Gasteiger partial charge is 0.487 e. The van der Waals surface area contributed by atoms with Crippen LogP contribution in [0.15, 0.2) is 30.9 Å². The summed E-state index contributed by atoms with van der Waals surface area (Å²) in [6.07, 6.45) is 2.87. The molecule has 0 fully saturated rings. The van der Waals surface area contributed by atoms with Crippen LogP contribution >= 0.6 is 0 Å². The van der Waals surface area contributed by atoms with Crippen molar-refractivity contribution in [3.05, 3.63) is 42.0 Å². The van der Waals surface area contributed by atoms with Gasteiger partial charge in [0.1, 0.15) is 11.4 Å². The van der Waals surface area contributed by atoms with Gasteiger partial charge in [0.2, 0.25) is 0 Å². The molecule has 0 spiro atoms. The molecule has 0 unspecified atom stereocenters. The predicted molar refractivity (Wildman–Crippen MR) is 66.8 cm³/mol. The fourth-order valence-electron chi connectivity index (χ4n) is 2.09. The van der Waals surface area contributed by atoms with Crippen molar-refractivity contribution in [2.45, 2.75) is 32.4 Å². The lowest BCUT2D eigenvalue weighted by Crippen LogP contribution is -2.24. The Morgan fingerprint density at radius 3 is 3.06 bits per heavy atom. The third kappa shape index (κ3) is 2.45. The number of hydrogen-bond acceptors (Lipinski definition) is 2. The monoisotopic (exact) mass is 217 g/mol. The molecule has 1 aliphatic rings. The van der Waals surface area contributed by atoms with Crippen LogP contribution in [0.25, 0.3) is 0 Å². The van der Waals surface area contributed by atoms with Crippen LogP contribution in [-0.4, -0.2) is 12.1 Å². The lowest BCUT2D eigenvalue weighted by molar-refractivity contribution is 0.138. The summed E-state index contributed by atoms with van der Waals surface area (Å²) in [6, 6.07) is 6.44. The molecule has 0 saturated carbocycles. The molecule has 2 nitrogen and oxygen atoms in total. The van der Waals surface area contributed by atoms with Gasteiger partial charge in [-0.3, -0.25) is 0 Å². The number of benzene rings is 1. The molecule has 0 aromatic heterocycles. The van der Waals surface area contributed by atoms with Crippen LogP contribution in [0.1, 0.15) is 25.0 Å². The topological polar surface area (TPSA) is 21.3 Å². The van der Waals surface area contributed by atoms with E-state index >= 15 is 0 Å². The first kappa shape index (κ1) is 11.2. The highest BCUT2D eigenvalue weighted by Gasteiger charge is 2.29. The molecule has 1 aromatic rings. The molecule has 16 heavy (non-hydrogen) atoms. The van der Waals surface area contributed by atoms with E-state index in [0.29, 0.717) is 0 Å². The van der Waals surface area contributed by atoms with Gasteiger partial charge in [0, 0.05) is 19.5 Å². The average Bonchev–Trinajstić information content (AvgIpc) is 2.51. The molecule has 0 atom stereocenters. The molecular weight excluding hydrogens is 198 g/mol. The second-order valence-electron chi connectivity index (χ2n) is 4.90. The maximum atomic E-state index is 5.84. The quantitative estimate of drug-likeness (QED) is 0.618. The number of hydrogen-bond donors (Lipinski definition) is 1. The SMILES string of the molecule is C=CCNCc1ccc2c(c1)CC(C)(C)O2. The van der Waals surface area contributed by atoms with Gasteiger partial charge in [-0.1, -0.05) is 18.2 Å². The fraction of sp³-hybridized carbons (Fsp3) is 0.429. The molecule has 1 aliphatic heterocycles. The Hall–Kier alpha value is -1.28. The lowest BCUT2D eigenvalue weighted by atomic mass is 10.0. The van der Waals surface area contributed by atoms with Gasteiger partial charge in [0.15, 0.2) is 0 Å². The van der Waals surface area contributed by atoms with Gasteiger partial charge in [0.25, 0.3) is 0 Å². The van der Waals surface area contributed by atoms with E-state index in [-0.39, 0.29) is 5.60 Å². The van der Waals surface area contributed by atoms with Crippen LogP contribution in [0.5, 0.6) is 5.75 Å². The second-order valence-corrected chi connectivity index (χ2v) is 4.90. The maximum Gasteiger partial charge on any atom is 0.123 e. The molecule has 2 heteroatoms. The van der Waals surface area contributed by atoms with E-state index in [1.807, 2.05) is 6.08 Å². The van der Waals surface area contributed by atoms with Gasteiger partial charge in [-0.25, -0.2) is 0 Å². The van der Waals surface area contributed by atoms with E-state index < -0.39 is 0 Å². The zero-order chi connectivity index (χ0) is 11.6. The van der Waals surface area contributed by atoms with Crippen molar-refractivity contribution in [2.24, 2.45) is 0 Å². The number of ether oxygens (including phenoxy) is 1. The molecule has 0 aliphatic carbocycles. The van der Waals surface area contributed by atoms with Crippen LogP contribution in [-0.2, 0) is 13.0 Å². The molecule has 2 rings (SSSR count). The summed E-state index contributed by atoms with van der Waals surface area (Å²) in [4.78, 5) is 0. The smallest absolute Gasteiger partial charge is 0.123 e. The summed E-state index contributed by atoms with van der Waals surface area (Å²) in [5, 5.41) is 3.30. The van der Waals surface area contributed by atoms with Gasteiger partial charge >= 0.3 is 0 Å². The summed E-state index contributed by atoms with van der Waals surface area (Å²) in [6.45, 7) is 9.68. The van der Waals surface area contributed by atoms with Gasteiger partial charge in [-0.2, -0.15) is 0 Å². The van der Waals surface area contributed by atoms with Gasteiger partial charge < -0.3 is 10.1 Å². The number of fused-ring (bicyclic) bond motifs is 1. The minimum atomic E-state index is -0.0461. The zero-order valence-electron chi connectivity index (χ0n) is 10.0.